The van der Waals surface area contributed by atoms with Crippen molar-refractivity contribution in [3.05, 3.63) is 33.9 Å². The highest BCUT2D eigenvalue weighted by atomic mass is 16.6. The van der Waals surface area contributed by atoms with E-state index in [1.807, 2.05) is 0 Å². The largest absolute Gasteiger partial charge is 0.445 e. The van der Waals surface area contributed by atoms with Crippen LogP contribution in [0.15, 0.2) is 18.2 Å². The number of rotatable bonds is 4. The van der Waals surface area contributed by atoms with E-state index in [4.69, 9.17) is 9.47 Å². The Hall–Kier alpha value is -2.64. The lowest BCUT2D eigenvalue weighted by atomic mass is 10.2. The summed E-state index contributed by atoms with van der Waals surface area (Å²) >= 11 is 0. The molecule has 0 spiro atoms. The number of alkyl carbamates (subject to hydrolysis) is 1. The molecule has 0 aliphatic rings. The van der Waals surface area contributed by atoms with Gasteiger partial charge in [0.25, 0.3) is 0 Å². The van der Waals surface area contributed by atoms with Crippen LogP contribution in [-0.2, 0) is 16.1 Å². The van der Waals surface area contributed by atoms with E-state index < -0.39 is 17.0 Å². The number of carbonyl (C=O) groups is 2. The lowest BCUT2D eigenvalue weighted by Gasteiger charge is -2.06. The molecule has 0 aromatic heterocycles. The number of ether oxygens (including phenoxy) is 2. The first-order valence-electron chi connectivity index (χ1n) is 5.24. The second kappa shape index (κ2) is 6.34. The molecule has 8 nitrogen and oxygen atoms in total. The maximum atomic E-state index is 10.9. The molecular weight excluding hydrogens is 256 g/mol. The standard InChI is InChI=1S/C11H12N2O6/c1-7(14)19-10-4-3-8(5-9(10)13(16)17)6-18-11(15)12-2/h3-5H,6H2,1-2H3,(H,12,15). The van der Waals surface area contributed by atoms with Gasteiger partial charge in [0.2, 0.25) is 5.75 Å². The van der Waals surface area contributed by atoms with E-state index in [0.29, 0.717) is 5.56 Å². The molecule has 0 heterocycles. The zero-order chi connectivity index (χ0) is 14.4. The molecule has 0 bridgehead atoms. The molecule has 1 N–H and O–H groups in total. The Morgan fingerprint density at radius 3 is 2.63 bits per heavy atom. The number of nitro benzene ring substituents is 1. The van der Waals surface area contributed by atoms with Crippen molar-refractivity contribution in [1.82, 2.24) is 5.32 Å². The quantitative estimate of drug-likeness (QED) is 0.382. The van der Waals surface area contributed by atoms with E-state index in [1.165, 1.54) is 25.2 Å². The summed E-state index contributed by atoms with van der Waals surface area (Å²) in [5, 5.41) is 13.1. The van der Waals surface area contributed by atoms with E-state index in [1.54, 1.807) is 0 Å². The second-order valence-electron chi connectivity index (χ2n) is 3.48. The van der Waals surface area contributed by atoms with Crippen molar-refractivity contribution in [2.45, 2.75) is 13.5 Å². The van der Waals surface area contributed by atoms with Crippen LogP contribution in [0, 0.1) is 10.1 Å². The Labute approximate surface area is 108 Å². The molecule has 0 saturated heterocycles. The summed E-state index contributed by atoms with van der Waals surface area (Å²) in [4.78, 5) is 31.8. The van der Waals surface area contributed by atoms with Crippen molar-refractivity contribution in [3.8, 4) is 5.75 Å². The smallest absolute Gasteiger partial charge is 0.407 e. The van der Waals surface area contributed by atoms with Crippen LogP contribution in [-0.4, -0.2) is 24.0 Å². The molecule has 102 valence electrons. The average Bonchev–Trinajstić information content (AvgIpc) is 2.36. The van der Waals surface area contributed by atoms with Crippen LogP contribution in [0.1, 0.15) is 12.5 Å². The Morgan fingerprint density at radius 1 is 1.42 bits per heavy atom. The molecule has 0 unspecified atom stereocenters. The Kier molecular flexibility index (Phi) is 4.81. The van der Waals surface area contributed by atoms with E-state index in [-0.39, 0.29) is 18.0 Å². The third-order valence-electron chi connectivity index (χ3n) is 2.05. The fraction of sp³-hybridized carbons (Fsp3) is 0.273. The lowest BCUT2D eigenvalue weighted by molar-refractivity contribution is -0.385. The average molecular weight is 268 g/mol. The van der Waals surface area contributed by atoms with Crippen LogP contribution >= 0.6 is 0 Å². The minimum atomic E-state index is -0.679. The second-order valence-corrected chi connectivity index (χ2v) is 3.48. The van der Waals surface area contributed by atoms with Crippen molar-refractivity contribution >= 4 is 17.7 Å². The molecule has 1 aromatic rings. The molecule has 0 aliphatic carbocycles. The topological polar surface area (TPSA) is 108 Å². The number of esters is 1. The van der Waals surface area contributed by atoms with Crippen molar-refractivity contribution in [2.75, 3.05) is 7.05 Å². The Bertz CT molecular complexity index is 514. The molecular formula is C11H12N2O6. The van der Waals surface area contributed by atoms with Crippen LogP contribution < -0.4 is 10.1 Å². The molecule has 19 heavy (non-hydrogen) atoms. The number of nitro groups is 1. The van der Waals surface area contributed by atoms with Gasteiger partial charge in [-0.3, -0.25) is 14.9 Å². The summed E-state index contributed by atoms with van der Waals surface area (Å²) in [6.45, 7) is 1.02. The van der Waals surface area contributed by atoms with E-state index in [2.05, 4.69) is 5.32 Å². The summed E-state index contributed by atoms with van der Waals surface area (Å²) in [5.41, 5.74) is 0.0411. The molecule has 0 aliphatic heterocycles. The van der Waals surface area contributed by atoms with Crippen molar-refractivity contribution in [1.29, 1.82) is 0 Å². The zero-order valence-electron chi connectivity index (χ0n) is 10.3. The third kappa shape index (κ3) is 4.26. The number of carbonyl (C=O) groups excluding carboxylic acids is 2. The summed E-state index contributed by atoms with van der Waals surface area (Å²) in [7, 11) is 1.40. The van der Waals surface area contributed by atoms with Crippen LogP contribution in [0.5, 0.6) is 5.75 Å². The SMILES string of the molecule is CNC(=O)OCc1ccc(OC(C)=O)c([N+](=O)[O-])c1. The molecule has 0 radical (unpaired) electrons. The fourth-order valence-electron chi connectivity index (χ4n) is 1.26. The van der Waals surface area contributed by atoms with Gasteiger partial charge in [0.05, 0.1) is 4.92 Å². The van der Waals surface area contributed by atoms with Crippen molar-refractivity contribution < 1.29 is 24.0 Å². The molecule has 1 aromatic carbocycles. The predicted molar refractivity (Wildman–Crippen MR) is 63.7 cm³/mol. The lowest BCUT2D eigenvalue weighted by Crippen LogP contribution is -2.18. The van der Waals surface area contributed by atoms with Gasteiger partial charge in [-0.1, -0.05) is 6.07 Å². The number of hydrogen-bond donors (Lipinski definition) is 1. The van der Waals surface area contributed by atoms with Gasteiger partial charge in [0, 0.05) is 20.0 Å². The highest BCUT2D eigenvalue weighted by molar-refractivity contribution is 5.71. The van der Waals surface area contributed by atoms with Crippen LogP contribution in [0.4, 0.5) is 10.5 Å². The molecule has 1 rings (SSSR count). The number of nitrogens with zero attached hydrogens (tertiary/aromatic N) is 1. The van der Waals surface area contributed by atoms with Crippen molar-refractivity contribution in [2.24, 2.45) is 0 Å². The van der Waals surface area contributed by atoms with Gasteiger partial charge in [-0.05, 0) is 11.6 Å². The molecule has 0 fully saturated rings. The van der Waals surface area contributed by atoms with Gasteiger partial charge in [-0.15, -0.1) is 0 Å². The number of amides is 1. The highest BCUT2D eigenvalue weighted by Crippen LogP contribution is 2.28. The normalized spacial score (nSPS) is 9.58. The van der Waals surface area contributed by atoms with E-state index in [9.17, 15) is 19.7 Å². The summed E-state index contributed by atoms with van der Waals surface area (Å²) in [5.74, 6) is -0.807. The minimum absolute atomic E-state index is 0.124. The van der Waals surface area contributed by atoms with Gasteiger partial charge < -0.3 is 14.8 Å². The van der Waals surface area contributed by atoms with Crippen LogP contribution in [0.2, 0.25) is 0 Å². The first-order valence-corrected chi connectivity index (χ1v) is 5.24. The Balaban J connectivity index is 2.92. The van der Waals surface area contributed by atoms with Gasteiger partial charge >= 0.3 is 17.7 Å². The molecule has 0 atom stereocenters. The first-order chi connectivity index (χ1) is 8.93. The number of hydrogen-bond acceptors (Lipinski definition) is 6. The maximum absolute atomic E-state index is 10.9. The molecule has 1 amide bonds. The number of nitrogens with one attached hydrogen (secondary N) is 1. The van der Waals surface area contributed by atoms with E-state index in [0.717, 1.165) is 6.92 Å². The monoisotopic (exact) mass is 268 g/mol. The third-order valence-corrected chi connectivity index (χ3v) is 2.05. The van der Waals surface area contributed by atoms with Crippen LogP contribution in [0.3, 0.4) is 0 Å². The van der Waals surface area contributed by atoms with E-state index >= 15 is 0 Å². The summed E-state index contributed by atoms with van der Waals surface area (Å²) in [6, 6.07) is 3.93. The van der Waals surface area contributed by atoms with Gasteiger partial charge in [0.15, 0.2) is 0 Å². The zero-order valence-corrected chi connectivity index (χ0v) is 10.3. The maximum Gasteiger partial charge on any atom is 0.407 e. The summed E-state index contributed by atoms with van der Waals surface area (Å²) in [6.07, 6.45) is -0.647. The fourth-order valence-corrected chi connectivity index (χ4v) is 1.26. The van der Waals surface area contributed by atoms with Gasteiger partial charge in [-0.25, -0.2) is 4.79 Å². The predicted octanol–water partition coefficient (Wildman–Crippen LogP) is 1.38. The highest BCUT2D eigenvalue weighted by Gasteiger charge is 2.17. The van der Waals surface area contributed by atoms with Crippen molar-refractivity contribution in [3.63, 3.8) is 0 Å². The molecule has 0 saturated carbocycles. The molecule has 8 heteroatoms. The Morgan fingerprint density at radius 2 is 2.11 bits per heavy atom. The first kappa shape index (κ1) is 14.4. The number of benzene rings is 1. The summed E-state index contributed by atoms with van der Waals surface area (Å²) < 4.78 is 9.46. The van der Waals surface area contributed by atoms with Gasteiger partial charge in [0.1, 0.15) is 6.61 Å². The minimum Gasteiger partial charge on any atom is -0.445 e. The van der Waals surface area contributed by atoms with Gasteiger partial charge in [-0.2, -0.15) is 0 Å². The van der Waals surface area contributed by atoms with Crippen LogP contribution in [0.25, 0.3) is 0 Å².